The molecular weight excluding hydrogens is 1040 g/mol. The summed E-state index contributed by atoms with van der Waals surface area (Å²) in [5.41, 5.74) is 7.51. The standard InChI is InChI=1S/C66H82N4O4S4/c1-9-17-23-43(13-5)39-67-59(51-27-21-37-75-51)55-57(65(67)73)61(69(63(55)71)41-45(15-7)25-19-11-3)53-35-33-49(77-53)47-29-31-48(32-30-47)50-34-36-54(78-50)62-58-56(64(72)70(62)42-46(16-8)26-20-12-4)60(52-28-22-38-76-52)68(66(58)74)40-44(14-6)24-18-10-2/h21-22,27-38,43-46H,9-20,23-26,39-42H2,1-8H3. The molecule has 0 saturated carbocycles. The lowest BCUT2D eigenvalue weighted by atomic mass is 9.98. The number of carbonyl (C=O) groups excluding carboxylic acids is 4. The van der Waals surface area contributed by atoms with Gasteiger partial charge in [-0.25, -0.2) is 0 Å². The molecule has 12 heteroatoms. The lowest BCUT2D eigenvalue weighted by molar-refractivity contribution is -0.124. The Labute approximate surface area is 481 Å². The van der Waals surface area contributed by atoms with E-state index in [0.717, 1.165) is 166 Å². The molecule has 4 aromatic heterocycles. The predicted molar refractivity (Wildman–Crippen MR) is 329 cm³/mol. The molecule has 78 heavy (non-hydrogen) atoms. The first kappa shape index (κ1) is 57.5. The smallest absolute Gasteiger partial charge is 0.261 e. The number of carbonyl (C=O) groups is 4. The van der Waals surface area contributed by atoms with Crippen molar-refractivity contribution in [3.63, 3.8) is 0 Å². The summed E-state index contributed by atoms with van der Waals surface area (Å²) in [5.74, 6) is 1.13. The lowest BCUT2D eigenvalue weighted by Crippen LogP contribution is -2.34. The van der Waals surface area contributed by atoms with Crippen LogP contribution >= 0.6 is 45.3 Å². The van der Waals surface area contributed by atoms with Crippen molar-refractivity contribution in [3.05, 3.63) is 125 Å². The minimum absolute atomic E-state index is 0.0499. The Hall–Kier alpha value is -5.14. The van der Waals surface area contributed by atoms with Gasteiger partial charge < -0.3 is 19.6 Å². The molecule has 5 aromatic rings. The number of nitrogens with zero attached hydrogens (tertiary/aromatic N) is 4. The van der Waals surface area contributed by atoms with Crippen LogP contribution in [-0.4, -0.2) is 69.4 Å². The maximum atomic E-state index is 15.1. The minimum atomic E-state index is -0.0499. The summed E-state index contributed by atoms with van der Waals surface area (Å²) in [4.78, 5) is 74.3. The van der Waals surface area contributed by atoms with Gasteiger partial charge in [-0.05, 0) is 108 Å². The Morgan fingerprint density at radius 1 is 0.346 bits per heavy atom. The Morgan fingerprint density at radius 2 is 0.615 bits per heavy atom. The Kier molecular flexibility index (Phi) is 19.5. The highest BCUT2D eigenvalue weighted by Gasteiger charge is 2.51. The second-order valence-corrected chi connectivity index (χ2v) is 26.1. The molecule has 9 rings (SSSR count). The predicted octanol–water partition coefficient (Wildman–Crippen LogP) is 17.7. The Morgan fingerprint density at radius 3 is 0.859 bits per heavy atom. The normalized spacial score (nSPS) is 17.3. The molecule has 1 aromatic carbocycles. The minimum Gasteiger partial charge on any atom is -0.306 e. The van der Waals surface area contributed by atoms with Gasteiger partial charge in [0.1, 0.15) is 0 Å². The second kappa shape index (κ2) is 26.4. The molecule has 0 bridgehead atoms. The van der Waals surface area contributed by atoms with Gasteiger partial charge >= 0.3 is 0 Å². The lowest BCUT2D eigenvalue weighted by Gasteiger charge is -2.29. The van der Waals surface area contributed by atoms with Crippen LogP contribution < -0.4 is 0 Å². The van der Waals surface area contributed by atoms with Gasteiger partial charge in [-0.15, -0.1) is 45.3 Å². The van der Waals surface area contributed by atoms with Crippen molar-refractivity contribution in [1.82, 2.24) is 19.6 Å². The molecule has 414 valence electrons. The van der Waals surface area contributed by atoms with E-state index in [9.17, 15) is 0 Å². The summed E-state index contributed by atoms with van der Waals surface area (Å²) in [6.07, 6.45) is 16.9. The molecule has 8 nitrogen and oxygen atoms in total. The molecule has 4 atom stereocenters. The maximum absolute atomic E-state index is 15.1. The van der Waals surface area contributed by atoms with Crippen molar-refractivity contribution >= 4 is 91.8 Å². The third-order valence-electron chi connectivity index (χ3n) is 16.9. The number of fused-ring (bicyclic) bond motifs is 2. The fraction of sp³-hybridized carbons (Fsp3) is 0.485. The number of benzene rings is 1. The quantitative estimate of drug-likeness (QED) is 0.0459. The first-order valence-corrected chi connectivity index (χ1v) is 33.1. The molecule has 4 aliphatic heterocycles. The summed E-state index contributed by atoms with van der Waals surface area (Å²) in [6.45, 7) is 20.1. The highest BCUT2D eigenvalue weighted by atomic mass is 32.1. The second-order valence-electron chi connectivity index (χ2n) is 22.1. The van der Waals surface area contributed by atoms with Crippen LogP contribution in [0.3, 0.4) is 0 Å². The summed E-state index contributed by atoms with van der Waals surface area (Å²) in [6, 6.07) is 25.4. The molecular formula is C66H82N4O4S4. The van der Waals surface area contributed by atoms with Crippen LogP contribution in [0.25, 0.3) is 43.7 Å². The van der Waals surface area contributed by atoms with E-state index in [0.29, 0.717) is 72.1 Å². The van der Waals surface area contributed by atoms with Gasteiger partial charge in [0.15, 0.2) is 0 Å². The van der Waals surface area contributed by atoms with E-state index in [1.54, 1.807) is 45.3 Å². The van der Waals surface area contributed by atoms with Gasteiger partial charge in [0.2, 0.25) is 0 Å². The third-order valence-corrected chi connectivity index (χ3v) is 21.0. The van der Waals surface area contributed by atoms with E-state index in [-0.39, 0.29) is 23.6 Å². The zero-order chi connectivity index (χ0) is 55.0. The maximum Gasteiger partial charge on any atom is 0.261 e. The largest absolute Gasteiger partial charge is 0.306 e. The van der Waals surface area contributed by atoms with Crippen LogP contribution in [0, 0.1) is 23.7 Å². The van der Waals surface area contributed by atoms with E-state index in [4.69, 9.17) is 0 Å². The molecule has 0 N–H and O–H groups in total. The first-order chi connectivity index (χ1) is 38.0. The van der Waals surface area contributed by atoms with E-state index in [1.165, 1.54) is 0 Å². The van der Waals surface area contributed by atoms with Gasteiger partial charge in [0.05, 0.1) is 64.6 Å². The number of hydrogen-bond donors (Lipinski definition) is 0. The number of thiophene rings is 4. The Bertz CT molecular complexity index is 2840. The summed E-state index contributed by atoms with van der Waals surface area (Å²) in [7, 11) is 0. The van der Waals surface area contributed by atoms with Crippen LogP contribution in [-0.2, 0) is 19.2 Å². The SMILES string of the molecule is CCCCC(CC)CN1C(=O)C2=C(c3ccc(-c4ccc(-c5ccc(C6=C7C(=O)N(CC(CC)CCCC)C(c8cccs8)=C7C(=O)N6CC(CC)CCCC)s5)cc4)s3)N(CC(CC)CCCC)C(=O)C2=C1c1cccs1. The molecule has 8 heterocycles. The van der Waals surface area contributed by atoms with Crippen LogP contribution in [0.1, 0.15) is 178 Å². The van der Waals surface area contributed by atoms with Gasteiger partial charge in [0.25, 0.3) is 23.6 Å². The average Bonchev–Trinajstić information content (AvgIpc) is 4.51. The fourth-order valence-electron chi connectivity index (χ4n) is 12.1. The van der Waals surface area contributed by atoms with Gasteiger partial charge in [-0.2, -0.15) is 0 Å². The van der Waals surface area contributed by atoms with Gasteiger partial charge in [-0.3, -0.25) is 19.2 Å². The molecule has 0 radical (unpaired) electrons. The zero-order valence-electron chi connectivity index (χ0n) is 47.6. The van der Waals surface area contributed by atoms with E-state index in [2.05, 4.69) is 116 Å². The topological polar surface area (TPSA) is 81.2 Å². The first-order valence-electron chi connectivity index (χ1n) is 29.7. The van der Waals surface area contributed by atoms with E-state index < -0.39 is 0 Å². The zero-order valence-corrected chi connectivity index (χ0v) is 50.9. The van der Waals surface area contributed by atoms with Crippen LogP contribution in [0.2, 0.25) is 0 Å². The summed E-state index contributed by atoms with van der Waals surface area (Å²) < 4.78 is 0. The van der Waals surface area contributed by atoms with Gasteiger partial charge in [-0.1, -0.05) is 169 Å². The molecule has 4 aliphatic rings. The van der Waals surface area contributed by atoms with Crippen molar-refractivity contribution in [2.75, 3.05) is 26.2 Å². The van der Waals surface area contributed by atoms with Crippen molar-refractivity contribution < 1.29 is 19.2 Å². The number of amides is 4. The summed E-state index contributed by atoms with van der Waals surface area (Å²) in [5, 5.41) is 4.09. The van der Waals surface area contributed by atoms with Crippen molar-refractivity contribution in [2.24, 2.45) is 23.7 Å². The fourth-order valence-corrected chi connectivity index (χ4v) is 15.8. The average molecular weight is 1120 g/mol. The molecule has 0 saturated heterocycles. The highest BCUT2D eigenvalue weighted by molar-refractivity contribution is 7.17. The molecule has 4 amide bonds. The van der Waals surface area contributed by atoms with E-state index in [1.807, 2.05) is 42.5 Å². The van der Waals surface area contributed by atoms with E-state index >= 15 is 19.2 Å². The van der Waals surface area contributed by atoms with Crippen molar-refractivity contribution in [2.45, 2.75) is 158 Å². The van der Waals surface area contributed by atoms with Crippen LogP contribution in [0.4, 0.5) is 0 Å². The highest BCUT2D eigenvalue weighted by Crippen LogP contribution is 2.52. The summed E-state index contributed by atoms with van der Waals surface area (Å²) >= 11 is 6.50. The Balaban J connectivity index is 1.06. The molecule has 0 spiro atoms. The van der Waals surface area contributed by atoms with Crippen molar-refractivity contribution in [1.29, 1.82) is 0 Å². The van der Waals surface area contributed by atoms with Crippen LogP contribution in [0.5, 0.6) is 0 Å². The third kappa shape index (κ3) is 11.6. The monoisotopic (exact) mass is 1120 g/mol. The number of unbranched alkanes of at least 4 members (excludes halogenated alkanes) is 4. The molecule has 4 unspecified atom stereocenters. The van der Waals surface area contributed by atoms with Gasteiger partial charge in [0, 0.05) is 35.9 Å². The molecule has 0 aliphatic carbocycles. The number of hydrogen-bond acceptors (Lipinski definition) is 8. The molecule has 0 fully saturated rings. The van der Waals surface area contributed by atoms with Crippen molar-refractivity contribution in [3.8, 4) is 20.9 Å². The van der Waals surface area contributed by atoms with Crippen LogP contribution in [0.15, 0.2) is 106 Å². The number of rotatable bonds is 30.